The van der Waals surface area contributed by atoms with Gasteiger partial charge in [-0.25, -0.2) is 17.9 Å². The van der Waals surface area contributed by atoms with Gasteiger partial charge in [-0.05, 0) is 30.4 Å². The summed E-state index contributed by atoms with van der Waals surface area (Å²) in [4.78, 5) is 11.4. The number of sulfonamides is 1. The van der Waals surface area contributed by atoms with E-state index in [2.05, 4.69) is 12.2 Å². The third-order valence-corrected chi connectivity index (χ3v) is 4.75. The lowest BCUT2D eigenvalue weighted by Gasteiger charge is -2.08. The Morgan fingerprint density at radius 2 is 2.15 bits per heavy atom. The zero-order valence-electron chi connectivity index (χ0n) is 10.7. The van der Waals surface area contributed by atoms with Crippen LogP contribution in [0.4, 0.5) is 4.39 Å². The molecule has 3 N–H and O–H groups in total. The monoisotopic (exact) mass is 320 g/mol. The van der Waals surface area contributed by atoms with E-state index in [1.807, 2.05) is 0 Å². The summed E-state index contributed by atoms with van der Waals surface area (Å²) in [5, 5.41) is 7.18. The number of carbonyl (C=O) groups excluding carboxylic acids is 1. The molecule has 0 heterocycles. The van der Waals surface area contributed by atoms with Crippen LogP contribution in [0, 0.1) is 17.7 Å². The van der Waals surface area contributed by atoms with Gasteiger partial charge in [-0.2, -0.15) is 0 Å². The topological polar surface area (TPSA) is 89.3 Å². The normalized spacial score (nSPS) is 21.6. The largest absolute Gasteiger partial charge is 0.352 e. The molecule has 0 aromatic heterocycles. The molecule has 0 aliphatic heterocycles. The van der Waals surface area contributed by atoms with E-state index in [0.29, 0.717) is 18.4 Å². The van der Waals surface area contributed by atoms with Gasteiger partial charge in [0.25, 0.3) is 5.91 Å². The first kappa shape index (κ1) is 15.2. The zero-order valence-corrected chi connectivity index (χ0v) is 12.3. The van der Waals surface area contributed by atoms with Gasteiger partial charge >= 0.3 is 0 Å². The molecule has 110 valence electrons. The molecule has 1 saturated carbocycles. The lowest BCUT2D eigenvalue weighted by molar-refractivity contribution is 0.0947. The molecule has 0 saturated heterocycles. The number of rotatable bonds is 4. The van der Waals surface area contributed by atoms with E-state index in [1.54, 1.807) is 0 Å². The minimum atomic E-state index is -4.11. The number of primary sulfonamides is 1. The quantitative estimate of drug-likeness (QED) is 0.881. The summed E-state index contributed by atoms with van der Waals surface area (Å²) in [7, 11) is -4.11. The number of halogens is 2. The Kier molecular flexibility index (Phi) is 4.04. The highest BCUT2D eigenvalue weighted by Gasteiger charge is 2.32. The molecule has 1 aromatic carbocycles. The highest BCUT2D eigenvalue weighted by molar-refractivity contribution is 7.89. The summed E-state index contributed by atoms with van der Waals surface area (Å²) < 4.78 is 36.3. The van der Waals surface area contributed by atoms with Crippen molar-refractivity contribution >= 4 is 27.5 Å². The number of hydrogen-bond acceptors (Lipinski definition) is 3. The van der Waals surface area contributed by atoms with Crippen molar-refractivity contribution in [3.05, 3.63) is 28.5 Å². The van der Waals surface area contributed by atoms with Gasteiger partial charge < -0.3 is 5.32 Å². The number of hydrogen-bond donors (Lipinski definition) is 2. The van der Waals surface area contributed by atoms with Crippen molar-refractivity contribution in [3.8, 4) is 0 Å². The SMILES string of the molecule is CC1CC1CNC(=O)c1cc(S(N)(=O)=O)c(Cl)cc1F. The summed E-state index contributed by atoms with van der Waals surface area (Å²) in [6, 6.07) is 1.63. The highest BCUT2D eigenvalue weighted by Crippen LogP contribution is 2.36. The Morgan fingerprint density at radius 3 is 2.65 bits per heavy atom. The molecule has 8 heteroatoms. The lowest BCUT2D eigenvalue weighted by atomic mass is 10.2. The van der Waals surface area contributed by atoms with Crippen LogP contribution in [-0.2, 0) is 10.0 Å². The van der Waals surface area contributed by atoms with Crippen LogP contribution in [0.2, 0.25) is 5.02 Å². The van der Waals surface area contributed by atoms with Crippen molar-refractivity contribution in [2.75, 3.05) is 6.54 Å². The predicted octanol–water partition coefficient (Wildman–Crippen LogP) is 1.51. The molecule has 2 rings (SSSR count). The van der Waals surface area contributed by atoms with E-state index < -0.39 is 26.6 Å². The summed E-state index contributed by atoms with van der Waals surface area (Å²) in [6.07, 6.45) is 1.02. The summed E-state index contributed by atoms with van der Waals surface area (Å²) in [6.45, 7) is 2.49. The van der Waals surface area contributed by atoms with Crippen LogP contribution in [0.15, 0.2) is 17.0 Å². The number of nitrogens with two attached hydrogens (primary N) is 1. The van der Waals surface area contributed by atoms with Crippen LogP contribution in [-0.4, -0.2) is 20.9 Å². The van der Waals surface area contributed by atoms with E-state index in [1.165, 1.54) is 0 Å². The zero-order chi connectivity index (χ0) is 15.1. The second-order valence-corrected chi connectivity index (χ2v) is 6.93. The van der Waals surface area contributed by atoms with Crippen molar-refractivity contribution in [1.29, 1.82) is 0 Å². The van der Waals surface area contributed by atoms with Crippen molar-refractivity contribution < 1.29 is 17.6 Å². The summed E-state index contributed by atoms with van der Waals surface area (Å²) in [5.41, 5.74) is -0.383. The van der Waals surface area contributed by atoms with Crippen LogP contribution in [0.3, 0.4) is 0 Å². The van der Waals surface area contributed by atoms with Crippen molar-refractivity contribution in [3.63, 3.8) is 0 Å². The van der Waals surface area contributed by atoms with E-state index in [0.717, 1.165) is 18.6 Å². The third kappa shape index (κ3) is 3.28. The third-order valence-electron chi connectivity index (χ3n) is 3.37. The fourth-order valence-electron chi connectivity index (χ4n) is 1.92. The molecule has 1 aromatic rings. The highest BCUT2D eigenvalue weighted by atomic mass is 35.5. The molecular formula is C12H14ClFN2O3S. The van der Waals surface area contributed by atoms with Crippen LogP contribution in [0.1, 0.15) is 23.7 Å². The van der Waals surface area contributed by atoms with E-state index in [9.17, 15) is 17.6 Å². The molecule has 1 aliphatic carbocycles. The minimum Gasteiger partial charge on any atom is -0.352 e. The van der Waals surface area contributed by atoms with Crippen molar-refractivity contribution in [2.24, 2.45) is 17.0 Å². The predicted molar refractivity (Wildman–Crippen MR) is 72.4 cm³/mol. The molecule has 0 bridgehead atoms. The van der Waals surface area contributed by atoms with Gasteiger partial charge in [0.05, 0.1) is 10.6 Å². The average Bonchev–Trinajstić information content (AvgIpc) is 3.00. The number of carbonyl (C=O) groups is 1. The number of nitrogens with one attached hydrogen (secondary N) is 1. The van der Waals surface area contributed by atoms with Crippen LogP contribution in [0.5, 0.6) is 0 Å². The molecule has 2 atom stereocenters. The Hall–Kier alpha value is -1.18. The van der Waals surface area contributed by atoms with Gasteiger partial charge in [-0.1, -0.05) is 18.5 Å². The second kappa shape index (κ2) is 5.31. The Bertz CT molecular complexity index is 663. The molecule has 1 aliphatic rings. The van der Waals surface area contributed by atoms with Gasteiger partial charge in [0.1, 0.15) is 10.7 Å². The molecule has 5 nitrogen and oxygen atoms in total. The maximum Gasteiger partial charge on any atom is 0.254 e. The van der Waals surface area contributed by atoms with E-state index in [4.69, 9.17) is 16.7 Å². The van der Waals surface area contributed by atoms with Crippen LogP contribution < -0.4 is 10.5 Å². The smallest absolute Gasteiger partial charge is 0.254 e. The Labute approximate surface area is 121 Å². The maximum absolute atomic E-state index is 13.7. The first-order valence-electron chi connectivity index (χ1n) is 6.00. The summed E-state index contributed by atoms with van der Waals surface area (Å²) in [5.74, 6) is -0.621. The van der Waals surface area contributed by atoms with Gasteiger partial charge in [0.15, 0.2) is 0 Å². The number of benzene rings is 1. The Morgan fingerprint density at radius 1 is 1.55 bits per heavy atom. The van der Waals surface area contributed by atoms with Crippen LogP contribution in [0.25, 0.3) is 0 Å². The minimum absolute atomic E-state index is 0.350. The maximum atomic E-state index is 13.7. The molecule has 0 spiro atoms. The van der Waals surface area contributed by atoms with Crippen molar-refractivity contribution in [1.82, 2.24) is 5.32 Å². The number of amides is 1. The second-order valence-electron chi connectivity index (χ2n) is 4.99. The van der Waals surface area contributed by atoms with Gasteiger partial charge in [0, 0.05) is 6.54 Å². The first-order chi connectivity index (χ1) is 9.20. The van der Waals surface area contributed by atoms with Crippen molar-refractivity contribution in [2.45, 2.75) is 18.2 Å². The fourth-order valence-corrected chi connectivity index (χ4v) is 3.01. The van der Waals surface area contributed by atoms with Gasteiger partial charge in [-0.15, -0.1) is 0 Å². The average molecular weight is 321 g/mol. The molecule has 0 radical (unpaired) electrons. The standard InChI is InChI=1S/C12H14ClFN2O3S/c1-6-2-7(6)5-16-12(17)8-3-11(20(15,18)19)9(13)4-10(8)14/h3-4,6-7H,2,5H2,1H3,(H,16,17)(H2,15,18,19). The molecule has 20 heavy (non-hydrogen) atoms. The molecule has 1 amide bonds. The lowest BCUT2D eigenvalue weighted by Crippen LogP contribution is -2.27. The fraction of sp³-hybridized carbons (Fsp3) is 0.417. The Balaban J connectivity index is 2.24. The van der Waals surface area contributed by atoms with Gasteiger partial charge in [-0.3, -0.25) is 4.79 Å². The van der Waals surface area contributed by atoms with Gasteiger partial charge in [0.2, 0.25) is 10.0 Å². The molecular weight excluding hydrogens is 307 g/mol. The molecule has 2 unspecified atom stereocenters. The van der Waals surface area contributed by atoms with Crippen LogP contribution >= 0.6 is 11.6 Å². The van der Waals surface area contributed by atoms with E-state index >= 15 is 0 Å². The van der Waals surface area contributed by atoms with E-state index in [-0.39, 0.29) is 10.6 Å². The summed E-state index contributed by atoms with van der Waals surface area (Å²) >= 11 is 5.62. The molecule has 1 fully saturated rings. The first-order valence-corrected chi connectivity index (χ1v) is 7.92.